The summed E-state index contributed by atoms with van der Waals surface area (Å²) in [5.41, 5.74) is 1.22. The second kappa shape index (κ2) is 4.71. The maximum Gasteiger partial charge on any atom is 0.168 e. The zero-order valence-corrected chi connectivity index (χ0v) is 13.8. The first-order valence-electron chi connectivity index (χ1n) is 6.62. The van der Waals surface area contributed by atoms with E-state index in [1.165, 1.54) is 0 Å². The van der Waals surface area contributed by atoms with E-state index < -0.39 is 5.60 Å². The first-order chi connectivity index (χ1) is 8.61. The van der Waals surface area contributed by atoms with Crippen LogP contribution in [0.25, 0.3) is 0 Å². The van der Waals surface area contributed by atoms with E-state index in [0.717, 1.165) is 22.0 Å². The Morgan fingerprint density at radius 3 is 2.37 bits per heavy atom. The average molecular weight is 325 g/mol. The topological polar surface area (TPSA) is 26.3 Å². The first kappa shape index (κ1) is 14.7. The summed E-state index contributed by atoms with van der Waals surface area (Å²) in [5, 5.41) is 0. The quantitative estimate of drug-likeness (QED) is 0.747. The van der Waals surface area contributed by atoms with E-state index in [4.69, 9.17) is 4.74 Å². The Morgan fingerprint density at radius 1 is 1.26 bits per heavy atom. The fourth-order valence-electron chi connectivity index (χ4n) is 3.05. The van der Waals surface area contributed by atoms with E-state index in [2.05, 4.69) is 15.9 Å². The van der Waals surface area contributed by atoms with Gasteiger partial charge in [0.15, 0.2) is 5.78 Å². The molecule has 3 heteroatoms. The van der Waals surface area contributed by atoms with Gasteiger partial charge in [-0.05, 0) is 64.8 Å². The predicted molar refractivity (Wildman–Crippen MR) is 80.6 cm³/mol. The highest BCUT2D eigenvalue weighted by Gasteiger charge is 2.49. The summed E-state index contributed by atoms with van der Waals surface area (Å²) in [7, 11) is 0. The highest BCUT2D eigenvalue weighted by Crippen LogP contribution is 2.43. The number of rotatable bonds is 2. The Labute approximate surface area is 123 Å². The van der Waals surface area contributed by atoms with Crippen LogP contribution in [-0.2, 0) is 4.74 Å². The third-order valence-corrected chi connectivity index (χ3v) is 4.18. The molecule has 1 aromatic rings. The van der Waals surface area contributed by atoms with Gasteiger partial charge in [0.05, 0.1) is 17.1 Å². The second-order valence-corrected chi connectivity index (χ2v) is 7.52. The number of halogens is 1. The molecule has 0 aromatic heterocycles. The van der Waals surface area contributed by atoms with E-state index in [1.807, 2.05) is 52.8 Å². The SMILES string of the molecule is Cc1cc(Br)cc(C(=O)C2CC(C)(C)OC2(C)C)c1. The molecule has 104 valence electrons. The maximum atomic E-state index is 12.8. The van der Waals surface area contributed by atoms with Crippen LogP contribution in [0.3, 0.4) is 0 Å². The number of carbonyl (C=O) groups is 1. The molecule has 0 saturated carbocycles. The van der Waals surface area contributed by atoms with Crippen LogP contribution in [0.1, 0.15) is 50.0 Å². The van der Waals surface area contributed by atoms with Gasteiger partial charge in [-0.25, -0.2) is 0 Å². The zero-order valence-electron chi connectivity index (χ0n) is 12.2. The summed E-state index contributed by atoms with van der Waals surface area (Å²) in [6.07, 6.45) is 0.768. The molecule has 1 heterocycles. The molecule has 0 radical (unpaired) electrons. The molecule has 2 nitrogen and oxygen atoms in total. The first-order valence-corrected chi connectivity index (χ1v) is 7.42. The van der Waals surface area contributed by atoms with E-state index in [-0.39, 0.29) is 17.3 Å². The number of Topliss-reactive ketones (excluding diaryl/α,β-unsaturated/α-hetero) is 1. The number of aryl methyl sites for hydroxylation is 1. The van der Waals surface area contributed by atoms with Gasteiger partial charge < -0.3 is 4.74 Å². The molecule has 1 unspecified atom stereocenters. The van der Waals surface area contributed by atoms with Gasteiger partial charge in [-0.3, -0.25) is 4.79 Å². The molecule has 1 aliphatic rings. The van der Waals surface area contributed by atoms with Crippen molar-refractivity contribution < 1.29 is 9.53 Å². The lowest BCUT2D eigenvalue weighted by molar-refractivity contribution is -0.0712. The largest absolute Gasteiger partial charge is 0.369 e. The number of ketones is 1. The molecule has 1 fully saturated rings. The lowest BCUT2D eigenvalue weighted by Crippen LogP contribution is -2.33. The highest BCUT2D eigenvalue weighted by molar-refractivity contribution is 9.10. The number of hydrogen-bond acceptors (Lipinski definition) is 2. The average Bonchev–Trinajstić information content (AvgIpc) is 2.44. The Hall–Kier alpha value is -0.670. The number of carbonyl (C=O) groups excluding carboxylic acids is 1. The fraction of sp³-hybridized carbons (Fsp3) is 0.562. The molecule has 1 aromatic carbocycles. The summed E-state index contributed by atoms with van der Waals surface area (Å²) >= 11 is 3.46. The van der Waals surface area contributed by atoms with Crippen LogP contribution in [-0.4, -0.2) is 17.0 Å². The molecule has 0 amide bonds. The van der Waals surface area contributed by atoms with Crippen molar-refractivity contribution in [2.45, 2.75) is 52.2 Å². The minimum Gasteiger partial charge on any atom is -0.369 e. The van der Waals surface area contributed by atoms with Crippen molar-refractivity contribution in [3.8, 4) is 0 Å². The molecular formula is C16H21BrO2. The summed E-state index contributed by atoms with van der Waals surface area (Å²) in [4.78, 5) is 12.8. The summed E-state index contributed by atoms with van der Waals surface area (Å²) in [6.45, 7) is 10.1. The van der Waals surface area contributed by atoms with Crippen molar-refractivity contribution in [3.05, 3.63) is 33.8 Å². The molecular weight excluding hydrogens is 304 g/mol. The van der Waals surface area contributed by atoms with Gasteiger partial charge in [-0.1, -0.05) is 15.9 Å². The minimum absolute atomic E-state index is 0.0869. The van der Waals surface area contributed by atoms with Crippen molar-refractivity contribution in [1.29, 1.82) is 0 Å². The third-order valence-electron chi connectivity index (χ3n) is 3.72. The smallest absolute Gasteiger partial charge is 0.168 e. The lowest BCUT2D eigenvalue weighted by atomic mass is 9.81. The highest BCUT2D eigenvalue weighted by atomic mass is 79.9. The second-order valence-electron chi connectivity index (χ2n) is 6.60. The molecule has 0 bridgehead atoms. The Kier molecular flexibility index (Phi) is 3.65. The fourth-order valence-corrected chi connectivity index (χ4v) is 3.66. The van der Waals surface area contributed by atoms with Gasteiger partial charge in [-0.15, -0.1) is 0 Å². The summed E-state index contributed by atoms with van der Waals surface area (Å²) < 4.78 is 6.97. The normalized spacial score (nSPS) is 24.4. The van der Waals surface area contributed by atoms with Gasteiger partial charge >= 0.3 is 0 Å². The summed E-state index contributed by atoms with van der Waals surface area (Å²) in [6, 6.07) is 5.86. The van der Waals surface area contributed by atoms with E-state index in [0.29, 0.717) is 0 Å². The summed E-state index contributed by atoms with van der Waals surface area (Å²) in [5.74, 6) is 0.0937. The Morgan fingerprint density at radius 2 is 1.89 bits per heavy atom. The van der Waals surface area contributed by atoms with Crippen LogP contribution in [0, 0.1) is 12.8 Å². The monoisotopic (exact) mass is 324 g/mol. The molecule has 1 saturated heterocycles. The van der Waals surface area contributed by atoms with Gasteiger partial charge in [-0.2, -0.15) is 0 Å². The third kappa shape index (κ3) is 3.09. The molecule has 0 N–H and O–H groups in total. The molecule has 0 aliphatic carbocycles. The number of hydrogen-bond donors (Lipinski definition) is 0. The van der Waals surface area contributed by atoms with Crippen molar-refractivity contribution in [3.63, 3.8) is 0 Å². The van der Waals surface area contributed by atoms with Crippen molar-refractivity contribution >= 4 is 21.7 Å². The van der Waals surface area contributed by atoms with Crippen LogP contribution in [0.15, 0.2) is 22.7 Å². The molecule has 1 atom stereocenters. The van der Waals surface area contributed by atoms with Gasteiger partial charge in [0, 0.05) is 10.0 Å². The Balaban J connectivity index is 2.34. The standard InChI is InChI=1S/C16H21BrO2/c1-10-6-11(8-12(17)7-10)14(18)13-9-15(2,3)19-16(13,4)5/h6-8,13H,9H2,1-5H3. The molecule has 1 aliphatic heterocycles. The van der Waals surface area contributed by atoms with Gasteiger partial charge in [0.25, 0.3) is 0 Å². The van der Waals surface area contributed by atoms with E-state index >= 15 is 0 Å². The predicted octanol–water partition coefficient (Wildman–Crippen LogP) is 4.53. The van der Waals surface area contributed by atoms with Crippen LogP contribution < -0.4 is 0 Å². The van der Waals surface area contributed by atoms with Crippen LogP contribution >= 0.6 is 15.9 Å². The van der Waals surface area contributed by atoms with Gasteiger partial charge in [0.1, 0.15) is 0 Å². The van der Waals surface area contributed by atoms with Crippen LogP contribution in [0.4, 0.5) is 0 Å². The molecule has 2 rings (SSSR count). The van der Waals surface area contributed by atoms with Gasteiger partial charge in [0.2, 0.25) is 0 Å². The van der Waals surface area contributed by atoms with E-state index in [9.17, 15) is 4.79 Å². The number of ether oxygens (including phenoxy) is 1. The van der Waals surface area contributed by atoms with Crippen molar-refractivity contribution in [2.24, 2.45) is 5.92 Å². The van der Waals surface area contributed by atoms with Crippen molar-refractivity contribution in [2.75, 3.05) is 0 Å². The maximum absolute atomic E-state index is 12.8. The zero-order chi connectivity index (χ0) is 14.4. The minimum atomic E-state index is -0.406. The van der Waals surface area contributed by atoms with E-state index in [1.54, 1.807) is 0 Å². The molecule has 19 heavy (non-hydrogen) atoms. The lowest BCUT2D eigenvalue weighted by Gasteiger charge is -2.26. The van der Waals surface area contributed by atoms with Crippen LogP contribution in [0.5, 0.6) is 0 Å². The number of benzene rings is 1. The Bertz CT molecular complexity index is 497. The van der Waals surface area contributed by atoms with Crippen LogP contribution in [0.2, 0.25) is 0 Å². The molecule has 0 spiro atoms. The van der Waals surface area contributed by atoms with Crippen molar-refractivity contribution in [1.82, 2.24) is 0 Å².